The number of carbonyl (C=O) groups is 2. The number of methoxy groups -OCH3 is 1. The second-order valence-electron chi connectivity index (χ2n) is 11.1. The first kappa shape index (κ1) is 47.5. The van der Waals surface area contributed by atoms with E-state index in [4.69, 9.17) is 49.5 Å². The summed E-state index contributed by atoms with van der Waals surface area (Å²) in [7, 11) is -2.57. The molecule has 0 aliphatic rings. The van der Waals surface area contributed by atoms with E-state index in [1.165, 1.54) is 18.2 Å². The Labute approximate surface area is 313 Å². The zero-order valence-corrected chi connectivity index (χ0v) is 33.0. The van der Waals surface area contributed by atoms with Crippen molar-refractivity contribution < 1.29 is 43.4 Å². The van der Waals surface area contributed by atoms with E-state index in [9.17, 15) is 29.2 Å². The predicted octanol–water partition coefficient (Wildman–Crippen LogP) is 5.31. The molecule has 0 saturated heterocycles. The predicted molar refractivity (Wildman–Crippen MR) is 199 cm³/mol. The van der Waals surface area contributed by atoms with Crippen molar-refractivity contribution >= 4 is 82.8 Å². The van der Waals surface area contributed by atoms with Crippen LogP contribution in [0.3, 0.4) is 0 Å². The van der Waals surface area contributed by atoms with Crippen molar-refractivity contribution in [2.45, 2.75) is 33.2 Å². The summed E-state index contributed by atoms with van der Waals surface area (Å²) in [5, 5.41) is 27.9. The average molecular weight is 817 g/mol. The molecule has 3 rings (SSSR count). The van der Waals surface area contributed by atoms with Crippen molar-refractivity contribution in [2.24, 2.45) is 0 Å². The van der Waals surface area contributed by atoms with Gasteiger partial charge in [0.05, 0.1) is 48.7 Å². The summed E-state index contributed by atoms with van der Waals surface area (Å²) in [6, 6.07) is 8.35. The van der Waals surface area contributed by atoms with Gasteiger partial charge in [0.1, 0.15) is 24.7 Å². The number of halogens is 3. The smallest absolute Gasteiger partial charge is 0.345 e. The normalized spacial score (nSPS) is 11.6. The van der Waals surface area contributed by atoms with Gasteiger partial charge < -0.3 is 39.6 Å². The summed E-state index contributed by atoms with van der Waals surface area (Å²) < 4.78 is 20.0. The summed E-state index contributed by atoms with van der Waals surface area (Å²) >= 11 is 17.5. The fraction of sp³-hybridized carbons (Fsp3) is 0.414. The molecular weight excluding hydrogens is 776 g/mol. The molecule has 0 amide bonds. The number of hydrogen-bond acceptors (Lipinski definition) is 14. The van der Waals surface area contributed by atoms with Crippen molar-refractivity contribution in [2.75, 3.05) is 55.9 Å². The van der Waals surface area contributed by atoms with Crippen molar-refractivity contribution in [1.82, 2.24) is 20.3 Å². The molecule has 284 valence electrons. The Hall–Kier alpha value is -3.48. The highest BCUT2D eigenvalue weighted by Gasteiger charge is 2.22. The Morgan fingerprint density at radius 2 is 1.63 bits per heavy atom. The van der Waals surface area contributed by atoms with E-state index >= 15 is 0 Å². The number of nitro groups is 1. The SMILES string of the molecule is CCNc1nc(Cl)nc(NC(C)(C)C)n1.COC(=O)c1cc(Oc2ccc(Cl)cc2Cl)ccc1[N+](=O)[O-].C[S+](C)C.O=C(O)CNCP(=O)([O-])O. The first-order valence-corrected chi connectivity index (χ1v) is 19.7. The fourth-order valence-corrected chi connectivity index (χ4v) is 3.98. The van der Waals surface area contributed by atoms with Gasteiger partial charge in [0.15, 0.2) is 0 Å². The maximum absolute atomic E-state index is 11.6. The molecule has 0 spiro atoms. The van der Waals surface area contributed by atoms with Gasteiger partial charge >= 0.3 is 11.9 Å². The Balaban J connectivity index is 0.000000747. The van der Waals surface area contributed by atoms with Crippen LogP contribution in [0.2, 0.25) is 15.3 Å². The van der Waals surface area contributed by atoms with Gasteiger partial charge in [0.25, 0.3) is 5.69 Å². The zero-order valence-electron chi connectivity index (χ0n) is 29.0. The number of ether oxygens (including phenoxy) is 2. The van der Waals surface area contributed by atoms with Gasteiger partial charge in [0.2, 0.25) is 17.2 Å². The molecule has 51 heavy (non-hydrogen) atoms. The summed E-state index contributed by atoms with van der Waals surface area (Å²) in [6.07, 6.45) is 5.87. The number of nitrogens with zero attached hydrogens (tertiary/aromatic N) is 4. The molecule has 1 heterocycles. The Bertz CT molecular complexity index is 1640. The van der Waals surface area contributed by atoms with E-state index in [1.54, 1.807) is 12.1 Å². The molecule has 22 heteroatoms. The Morgan fingerprint density at radius 3 is 2.10 bits per heavy atom. The minimum absolute atomic E-state index is 0.103. The highest BCUT2D eigenvalue weighted by molar-refractivity contribution is 7.94. The first-order chi connectivity index (χ1) is 23.5. The monoisotopic (exact) mass is 815 g/mol. The fourth-order valence-electron chi connectivity index (χ4n) is 2.98. The van der Waals surface area contributed by atoms with Crippen LogP contribution in [0.5, 0.6) is 11.5 Å². The lowest BCUT2D eigenvalue weighted by atomic mass is 10.1. The van der Waals surface area contributed by atoms with Crippen LogP contribution in [0.25, 0.3) is 0 Å². The van der Waals surface area contributed by atoms with Crippen LogP contribution in [0, 0.1) is 10.1 Å². The maximum atomic E-state index is 11.6. The average Bonchev–Trinajstić information content (AvgIpc) is 2.96. The quantitative estimate of drug-likeness (QED) is 0.0541. The van der Waals surface area contributed by atoms with Gasteiger partial charge in [-0.05, 0) is 74.5 Å². The molecule has 0 aliphatic carbocycles. The molecule has 0 fully saturated rings. The summed E-state index contributed by atoms with van der Waals surface area (Å²) in [5.74, 6) is -0.526. The highest BCUT2D eigenvalue weighted by Crippen LogP contribution is 2.33. The molecule has 0 aliphatic heterocycles. The molecule has 1 atom stereocenters. The van der Waals surface area contributed by atoms with Crippen molar-refractivity contribution in [3.8, 4) is 11.5 Å². The minimum Gasteiger partial charge on any atom is -0.778 e. The largest absolute Gasteiger partial charge is 0.778 e. The highest BCUT2D eigenvalue weighted by atomic mass is 35.5. The number of hydrogen-bond donors (Lipinski definition) is 5. The third-order valence-corrected chi connectivity index (χ3v) is 6.03. The second kappa shape index (κ2) is 23.2. The van der Waals surface area contributed by atoms with Gasteiger partial charge in [0, 0.05) is 29.2 Å². The van der Waals surface area contributed by atoms with Crippen LogP contribution >= 0.6 is 42.4 Å². The molecular formula is C29H41Cl3N7O10PS. The number of nitrogens with one attached hydrogen (secondary N) is 3. The van der Waals surface area contributed by atoms with Crippen LogP contribution in [-0.4, -0.2) is 92.6 Å². The van der Waals surface area contributed by atoms with Gasteiger partial charge in [-0.25, -0.2) is 4.79 Å². The van der Waals surface area contributed by atoms with E-state index in [-0.39, 0.29) is 32.8 Å². The third-order valence-electron chi connectivity index (χ3n) is 4.71. The van der Waals surface area contributed by atoms with Gasteiger partial charge in [-0.1, -0.05) is 23.2 Å². The summed E-state index contributed by atoms with van der Waals surface area (Å²) in [6.45, 7) is 8.31. The molecule has 0 radical (unpaired) electrons. The molecule has 2 aromatic carbocycles. The van der Waals surface area contributed by atoms with Crippen LogP contribution in [0.15, 0.2) is 36.4 Å². The lowest BCUT2D eigenvalue weighted by Crippen LogP contribution is -2.27. The number of esters is 1. The number of carbonyl (C=O) groups excluding carboxylic acids is 1. The third kappa shape index (κ3) is 22.9. The van der Waals surface area contributed by atoms with Crippen LogP contribution in [-0.2, 0) is 25.0 Å². The second-order valence-corrected chi connectivity index (χ2v) is 16.3. The number of carboxylic acids is 1. The number of anilines is 2. The molecule has 0 bridgehead atoms. The number of aliphatic carboxylic acids is 1. The molecule has 1 unspecified atom stereocenters. The molecule has 17 nitrogen and oxygen atoms in total. The summed E-state index contributed by atoms with van der Waals surface area (Å²) in [4.78, 5) is 61.8. The molecule has 3 aromatic rings. The zero-order chi connectivity index (χ0) is 39.5. The van der Waals surface area contributed by atoms with Gasteiger partial charge in [-0.3, -0.25) is 20.2 Å². The first-order valence-electron chi connectivity index (χ1n) is 14.4. The van der Waals surface area contributed by atoms with E-state index in [0.717, 1.165) is 19.7 Å². The van der Waals surface area contributed by atoms with Crippen LogP contribution in [0.1, 0.15) is 38.1 Å². The lowest BCUT2D eigenvalue weighted by Gasteiger charge is -2.20. The van der Waals surface area contributed by atoms with E-state index in [0.29, 0.717) is 33.6 Å². The lowest BCUT2D eigenvalue weighted by molar-refractivity contribution is -0.385. The van der Waals surface area contributed by atoms with Gasteiger partial charge in [-0.15, -0.1) is 0 Å². The number of carboxylic acid groups (broad SMARTS) is 1. The van der Waals surface area contributed by atoms with Crippen LogP contribution < -0.4 is 25.6 Å². The van der Waals surface area contributed by atoms with E-state index in [1.807, 2.05) is 33.0 Å². The van der Waals surface area contributed by atoms with Crippen molar-refractivity contribution in [3.63, 3.8) is 0 Å². The molecule has 0 saturated carbocycles. The molecule has 5 N–H and O–H groups in total. The van der Waals surface area contributed by atoms with Crippen molar-refractivity contribution in [1.29, 1.82) is 0 Å². The number of nitro benzene ring substituents is 1. The minimum atomic E-state index is -4.35. The topological polar surface area (TPSA) is 251 Å². The van der Waals surface area contributed by atoms with E-state index in [2.05, 4.69) is 49.1 Å². The standard InChI is InChI=1S/C14H9Cl2NO5.C9H16ClN5.C3H8NO5P.C3H9S/c1-21-14(18)10-7-9(3-4-12(10)17(19)20)22-13-5-2-8(15)6-11(13)16;1-5-11-7-12-6(10)13-8(14-7)15-9(2,3)4;5-3(6)1-4-2-10(7,8)9;1-4(2)3/h2-7H,1H3;5H2,1-4H3,(H2,11,12,13,14,15);4H,1-2H2,(H,5,6)(H2,7,8,9);1-3H3/q;;;+1/p-1. The number of benzene rings is 2. The number of rotatable bonds is 11. The van der Waals surface area contributed by atoms with E-state index < -0.39 is 37.3 Å². The molecule has 1 aromatic heterocycles. The summed E-state index contributed by atoms with van der Waals surface area (Å²) in [5.41, 5.74) is -0.690. The van der Waals surface area contributed by atoms with Crippen molar-refractivity contribution in [3.05, 3.63) is 67.4 Å². The van der Waals surface area contributed by atoms with Crippen LogP contribution in [0.4, 0.5) is 17.6 Å². The number of aromatic nitrogens is 3. The maximum Gasteiger partial charge on any atom is 0.345 e. The Kier molecular flexibility index (Phi) is 21.6. The Morgan fingerprint density at radius 1 is 1.04 bits per heavy atom. The van der Waals surface area contributed by atoms with Gasteiger partial charge in [-0.2, -0.15) is 15.0 Å².